The summed E-state index contributed by atoms with van der Waals surface area (Å²) in [5.74, 6) is -1.97. The summed E-state index contributed by atoms with van der Waals surface area (Å²) < 4.78 is 11.5. The van der Waals surface area contributed by atoms with Crippen LogP contribution < -0.4 is 10.2 Å². The molecule has 4 N–H and O–H groups in total. The molecule has 0 fully saturated rings. The van der Waals surface area contributed by atoms with Crippen LogP contribution in [0, 0.1) is 0 Å². The van der Waals surface area contributed by atoms with Gasteiger partial charge in [0.05, 0.1) is 0 Å². The molecular formula is C24H18O8. The molecule has 1 aromatic heterocycles. The van der Waals surface area contributed by atoms with Crippen molar-refractivity contribution in [2.75, 3.05) is 0 Å². The first kappa shape index (κ1) is 20.8. The maximum Gasteiger partial charge on any atom is 0.239 e. The number of carbonyl (C=O) groups is 1. The predicted octanol–water partition coefficient (Wildman–Crippen LogP) is 4.06. The molecule has 0 atom stereocenters. The first-order valence-corrected chi connectivity index (χ1v) is 9.52. The Kier molecular flexibility index (Phi) is 5.19. The summed E-state index contributed by atoms with van der Waals surface area (Å²) in [6.45, 7) is 1.40. The van der Waals surface area contributed by atoms with E-state index in [-0.39, 0.29) is 51.9 Å². The van der Waals surface area contributed by atoms with E-state index in [2.05, 4.69) is 0 Å². The van der Waals surface area contributed by atoms with Gasteiger partial charge in [-0.25, -0.2) is 0 Å². The largest absolute Gasteiger partial charge is 0.508 e. The number of hydrogen-bond donors (Lipinski definition) is 4. The zero-order valence-electron chi connectivity index (χ0n) is 16.8. The second-order valence-electron chi connectivity index (χ2n) is 7.17. The fourth-order valence-electron chi connectivity index (χ4n) is 3.25. The number of hydrogen-bond acceptors (Lipinski definition) is 8. The molecule has 3 aromatic carbocycles. The highest BCUT2D eigenvalue weighted by molar-refractivity contribution is 5.94. The molecule has 8 nitrogen and oxygen atoms in total. The third-order valence-electron chi connectivity index (χ3n) is 4.90. The van der Waals surface area contributed by atoms with Crippen LogP contribution in [0.4, 0.5) is 0 Å². The molecular weight excluding hydrogens is 416 g/mol. The normalized spacial score (nSPS) is 10.9. The maximum atomic E-state index is 13.2. The van der Waals surface area contributed by atoms with Crippen LogP contribution in [0.3, 0.4) is 0 Å². The van der Waals surface area contributed by atoms with Crippen LogP contribution in [0.15, 0.2) is 63.8 Å². The van der Waals surface area contributed by atoms with Crippen LogP contribution in [0.5, 0.6) is 28.7 Å². The number of rotatable bonds is 5. The number of Topliss-reactive ketones (excluding diaryl/α,β-unsaturated/α-hetero) is 1. The molecule has 4 aromatic rings. The lowest BCUT2D eigenvalue weighted by Gasteiger charge is -2.13. The summed E-state index contributed by atoms with van der Waals surface area (Å²) >= 11 is 0. The van der Waals surface area contributed by atoms with E-state index in [1.165, 1.54) is 31.2 Å². The van der Waals surface area contributed by atoms with E-state index < -0.39 is 16.9 Å². The zero-order valence-corrected chi connectivity index (χ0v) is 16.8. The first-order chi connectivity index (χ1) is 15.2. The fourth-order valence-corrected chi connectivity index (χ4v) is 3.25. The molecule has 0 saturated heterocycles. The van der Waals surface area contributed by atoms with Gasteiger partial charge in [-0.3, -0.25) is 9.59 Å². The monoisotopic (exact) mass is 434 g/mol. The summed E-state index contributed by atoms with van der Waals surface area (Å²) in [5, 5.41) is 39.3. The minimum absolute atomic E-state index is 0.0512. The van der Waals surface area contributed by atoms with Crippen LogP contribution in [0.2, 0.25) is 0 Å². The molecule has 0 radical (unpaired) electrons. The summed E-state index contributed by atoms with van der Waals surface area (Å²) in [6, 6.07) is 12.6. The Morgan fingerprint density at radius 3 is 2.28 bits per heavy atom. The van der Waals surface area contributed by atoms with E-state index >= 15 is 0 Å². The molecule has 0 spiro atoms. The molecule has 4 rings (SSSR count). The van der Waals surface area contributed by atoms with Crippen LogP contribution in [0.25, 0.3) is 22.3 Å². The standard InChI is InChI=1S/C24H18O8/c1-12(25)14-4-2-13(3-5-14)11-31-24-22(30)21-19(29)9-16(26)10-20(21)32-23(24)15-6-7-17(27)18(28)8-15/h2-10,26-29H,11H2,1H3. The number of phenolic OH excluding ortho intramolecular Hbond substituents is 4. The van der Waals surface area contributed by atoms with Crippen molar-refractivity contribution >= 4 is 16.8 Å². The van der Waals surface area contributed by atoms with Crippen molar-refractivity contribution in [1.29, 1.82) is 0 Å². The van der Waals surface area contributed by atoms with Gasteiger partial charge in [0.25, 0.3) is 0 Å². The van der Waals surface area contributed by atoms with Gasteiger partial charge >= 0.3 is 0 Å². The quantitative estimate of drug-likeness (QED) is 0.273. The zero-order chi connectivity index (χ0) is 23.0. The molecule has 0 unspecified atom stereocenters. The Labute approximate surface area is 181 Å². The van der Waals surface area contributed by atoms with Gasteiger partial charge in [0, 0.05) is 23.3 Å². The van der Waals surface area contributed by atoms with Crippen molar-refractivity contribution in [2.45, 2.75) is 13.5 Å². The lowest BCUT2D eigenvalue weighted by Crippen LogP contribution is -2.10. The van der Waals surface area contributed by atoms with Crippen LogP contribution in [-0.2, 0) is 6.61 Å². The van der Waals surface area contributed by atoms with E-state index in [1.54, 1.807) is 24.3 Å². The second-order valence-corrected chi connectivity index (χ2v) is 7.17. The molecule has 162 valence electrons. The first-order valence-electron chi connectivity index (χ1n) is 9.52. The van der Waals surface area contributed by atoms with E-state index in [0.29, 0.717) is 11.1 Å². The van der Waals surface area contributed by atoms with Crippen molar-refractivity contribution in [3.8, 4) is 40.1 Å². The Bertz CT molecular complexity index is 1400. The highest BCUT2D eigenvalue weighted by atomic mass is 16.5. The van der Waals surface area contributed by atoms with Gasteiger partial charge in [-0.1, -0.05) is 24.3 Å². The molecule has 0 aliphatic heterocycles. The lowest BCUT2D eigenvalue weighted by molar-refractivity contribution is 0.101. The Hall–Kier alpha value is -4.46. The Balaban J connectivity index is 1.84. The third-order valence-corrected chi connectivity index (χ3v) is 4.90. The number of fused-ring (bicyclic) bond motifs is 1. The lowest BCUT2D eigenvalue weighted by atomic mass is 10.1. The smallest absolute Gasteiger partial charge is 0.239 e. The third kappa shape index (κ3) is 3.81. The number of aromatic hydroxyl groups is 4. The van der Waals surface area contributed by atoms with Gasteiger partial charge in [-0.15, -0.1) is 0 Å². The average Bonchev–Trinajstić information content (AvgIpc) is 2.74. The summed E-state index contributed by atoms with van der Waals surface area (Å²) in [6.07, 6.45) is 0. The van der Waals surface area contributed by atoms with Gasteiger partial charge in [0.2, 0.25) is 11.2 Å². The molecule has 0 saturated carbocycles. The minimum atomic E-state index is -0.688. The summed E-state index contributed by atoms with van der Waals surface area (Å²) in [4.78, 5) is 24.6. The number of ketones is 1. The number of phenols is 4. The Morgan fingerprint density at radius 2 is 1.62 bits per heavy atom. The predicted molar refractivity (Wildman–Crippen MR) is 115 cm³/mol. The topological polar surface area (TPSA) is 137 Å². The fraction of sp³-hybridized carbons (Fsp3) is 0.0833. The molecule has 8 heteroatoms. The van der Waals surface area contributed by atoms with Crippen molar-refractivity contribution in [3.05, 3.63) is 75.9 Å². The second kappa shape index (κ2) is 7.99. The highest BCUT2D eigenvalue weighted by Crippen LogP contribution is 2.38. The van der Waals surface area contributed by atoms with Crippen LogP contribution in [-0.4, -0.2) is 26.2 Å². The molecule has 0 bridgehead atoms. The molecule has 0 aliphatic carbocycles. The van der Waals surface area contributed by atoms with Gasteiger partial charge in [-0.05, 0) is 30.7 Å². The number of ether oxygens (including phenoxy) is 1. The van der Waals surface area contributed by atoms with Crippen LogP contribution in [0.1, 0.15) is 22.8 Å². The minimum Gasteiger partial charge on any atom is -0.508 e. The van der Waals surface area contributed by atoms with Gasteiger partial charge in [0.1, 0.15) is 29.1 Å². The molecule has 32 heavy (non-hydrogen) atoms. The van der Waals surface area contributed by atoms with Crippen molar-refractivity contribution < 1.29 is 34.4 Å². The van der Waals surface area contributed by atoms with Crippen molar-refractivity contribution in [2.24, 2.45) is 0 Å². The van der Waals surface area contributed by atoms with Crippen molar-refractivity contribution in [3.63, 3.8) is 0 Å². The highest BCUT2D eigenvalue weighted by Gasteiger charge is 2.21. The molecule has 0 aliphatic rings. The number of benzene rings is 3. The van der Waals surface area contributed by atoms with E-state index in [0.717, 1.165) is 6.07 Å². The number of carbonyl (C=O) groups excluding carboxylic acids is 1. The van der Waals surface area contributed by atoms with E-state index in [4.69, 9.17) is 9.15 Å². The van der Waals surface area contributed by atoms with Crippen molar-refractivity contribution in [1.82, 2.24) is 0 Å². The average molecular weight is 434 g/mol. The van der Waals surface area contributed by atoms with E-state index in [1.807, 2.05) is 0 Å². The molecule has 1 heterocycles. The Morgan fingerprint density at radius 1 is 0.906 bits per heavy atom. The van der Waals surface area contributed by atoms with Gasteiger partial charge < -0.3 is 29.6 Å². The summed E-state index contributed by atoms with van der Waals surface area (Å²) in [5.41, 5.74) is 0.650. The van der Waals surface area contributed by atoms with Gasteiger partial charge in [0.15, 0.2) is 23.0 Å². The summed E-state index contributed by atoms with van der Waals surface area (Å²) in [7, 11) is 0. The van der Waals surface area contributed by atoms with E-state index in [9.17, 15) is 30.0 Å². The SMILES string of the molecule is CC(=O)c1ccc(COc2c(-c3ccc(O)c(O)c3)oc3cc(O)cc(O)c3c2=O)cc1. The van der Waals surface area contributed by atoms with Gasteiger partial charge in [-0.2, -0.15) is 0 Å². The van der Waals surface area contributed by atoms with Crippen LogP contribution >= 0.6 is 0 Å². The maximum absolute atomic E-state index is 13.2. The molecule has 0 amide bonds.